The molecule has 1 saturated heterocycles. The first-order valence-corrected chi connectivity index (χ1v) is 7.12. The molecule has 1 fully saturated rings. The summed E-state index contributed by atoms with van der Waals surface area (Å²) in [4.78, 5) is 11.4. The number of rotatable bonds is 4. The molecule has 1 aromatic heterocycles. The SMILES string of the molecule is CCCc1nc(N2CCOCC2)nc(NC)c1Br. The molecule has 0 saturated carbocycles. The topological polar surface area (TPSA) is 50.3 Å². The first kappa shape index (κ1) is 13.5. The summed E-state index contributed by atoms with van der Waals surface area (Å²) in [7, 11) is 1.88. The second-order valence-corrected chi connectivity index (χ2v) is 5.03. The van der Waals surface area contributed by atoms with E-state index in [1.54, 1.807) is 0 Å². The van der Waals surface area contributed by atoms with Crippen LogP contribution >= 0.6 is 15.9 Å². The van der Waals surface area contributed by atoms with Crippen molar-refractivity contribution < 1.29 is 4.74 Å². The highest BCUT2D eigenvalue weighted by Gasteiger charge is 2.17. The summed E-state index contributed by atoms with van der Waals surface area (Å²) in [6, 6.07) is 0. The molecule has 5 nitrogen and oxygen atoms in total. The maximum atomic E-state index is 5.36. The average molecular weight is 315 g/mol. The molecular weight excluding hydrogens is 296 g/mol. The highest BCUT2D eigenvalue weighted by Crippen LogP contribution is 2.27. The van der Waals surface area contributed by atoms with E-state index in [1.807, 2.05) is 7.05 Å². The van der Waals surface area contributed by atoms with E-state index < -0.39 is 0 Å². The Morgan fingerprint density at radius 3 is 2.67 bits per heavy atom. The molecule has 100 valence electrons. The molecule has 0 spiro atoms. The van der Waals surface area contributed by atoms with Gasteiger partial charge in [-0.3, -0.25) is 0 Å². The van der Waals surface area contributed by atoms with Crippen LogP contribution in [0.4, 0.5) is 11.8 Å². The van der Waals surface area contributed by atoms with Crippen LogP contribution in [0.5, 0.6) is 0 Å². The number of hydrogen-bond acceptors (Lipinski definition) is 5. The van der Waals surface area contributed by atoms with E-state index in [0.29, 0.717) is 0 Å². The molecule has 0 bridgehead atoms. The summed E-state index contributed by atoms with van der Waals surface area (Å²) in [6.07, 6.45) is 2.02. The molecule has 1 aromatic rings. The molecule has 0 atom stereocenters. The van der Waals surface area contributed by atoms with E-state index >= 15 is 0 Å². The van der Waals surface area contributed by atoms with Crippen LogP contribution in [-0.2, 0) is 11.2 Å². The van der Waals surface area contributed by atoms with Crippen LogP contribution in [0.3, 0.4) is 0 Å². The fraction of sp³-hybridized carbons (Fsp3) is 0.667. The molecule has 6 heteroatoms. The van der Waals surface area contributed by atoms with Crippen molar-refractivity contribution in [2.24, 2.45) is 0 Å². The Bertz CT molecular complexity index is 407. The lowest BCUT2D eigenvalue weighted by atomic mass is 10.2. The van der Waals surface area contributed by atoms with Gasteiger partial charge in [0.15, 0.2) is 0 Å². The molecule has 0 radical (unpaired) electrons. The van der Waals surface area contributed by atoms with Crippen LogP contribution < -0.4 is 10.2 Å². The van der Waals surface area contributed by atoms with E-state index in [9.17, 15) is 0 Å². The zero-order valence-corrected chi connectivity index (χ0v) is 12.5. The van der Waals surface area contributed by atoms with Crippen LogP contribution in [0.1, 0.15) is 19.0 Å². The Hall–Kier alpha value is -0.880. The number of nitrogens with one attached hydrogen (secondary N) is 1. The minimum atomic E-state index is 0.747. The monoisotopic (exact) mass is 314 g/mol. The molecule has 0 amide bonds. The van der Waals surface area contributed by atoms with Crippen molar-refractivity contribution in [2.45, 2.75) is 19.8 Å². The molecule has 1 aliphatic rings. The number of nitrogens with zero attached hydrogens (tertiary/aromatic N) is 3. The van der Waals surface area contributed by atoms with Crippen LogP contribution in [0.2, 0.25) is 0 Å². The summed E-state index contributed by atoms with van der Waals surface area (Å²) in [5, 5.41) is 3.12. The number of anilines is 2. The summed E-state index contributed by atoms with van der Waals surface area (Å²) in [6.45, 7) is 5.36. The summed E-state index contributed by atoms with van der Waals surface area (Å²) in [5.41, 5.74) is 1.07. The third-order valence-electron chi connectivity index (χ3n) is 2.93. The average Bonchev–Trinajstić information content (AvgIpc) is 2.42. The molecule has 0 unspecified atom stereocenters. The third kappa shape index (κ3) is 2.92. The Balaban J connectivity index is 2.31. The van der Waals surface area contributed by atoms with E-state index in [0.717, 1.165) is 61.1 Å². The molecule has 1 N–H and O–H groups in total. The molecule has 0 aromatic carbocycles. The lowest BCUT2D eigenvalue weighted by Gasteiger charge is -2.27. The second kappa shape index (κ2) is 6.33. The van der Waals surface area contributed by atoms with Crippen molar-refractivity contribution in [1.29, 1.82) is 0 Å². The van der Waals surface area contributed by atoms with Gasteiger partial charge in [-0.05, 0) is 22.4 Å². The summed E-state index contributed by atoms with van der Waals surface area (Å²) in [5.74, 6) is 1.66. The van der Waals surface area contributed by atoms with Crippen molar-refractivity contribution in [3.8, 4) is 0 Å². The second-order valence-electron chi connectivity index (χ2n) is 4.23. The van der Waals surface area contributed by atoms with Crippen molar-refractivity contribution >= 4 is 27.7 Å². The van der Waals surface area contributed by atoms with Crippen LogP contribution in [0, 0.1) is 0 Å². The Morgan fingerprint density at radius 2 is 2.06 bits per heavy atom. The zero-order valence-electron chi connectivity index (χ0n) is 10.9. The van der Waals surface area contributed by atoms with Gasteiger partial charge in [0.1, 0.15) is 5.82 Å². The first-order valence-electron chi connectivity index (χ1n) is 6.33. The van der Waals surface area contributed by atoms with Gasteiger partial charge in [-0.15, -0.1) is 0 Å². The van der Waals surface area contributed by atoms with E-state index in [1.165, 1.54) is 0 Å². The van der Waals surface area contributed by atoms with Gasteiger partial charge in [-0.25, -0.2) is 4.98 Å². The number of halogens is 1. The number of aryl methyl sites for hydroxylation is 1. The fourth-order valence-electron chi connectivity index (χ4n) is 1.95. The zero-order chi connectivity index (χ0) is 13.0. The molecule has 2 rings (SSSR count). The molecule has 1 aliphatic heterocycles. The van der Waals surface area contributed by atoms with Gasteiger partial charge in [0.2, 0.25) is 5.95 Å². The van der Waals surface area contributed by atoms with Crippen LogP contribution in [0.25, 0.3) is 0 Å². The minimum absolute atomic E-state index is 0.747. The standard InChI is InChI=1S/C12H19BrN4O/c1-3-4-9-10(13)11(14-2)16-12(15-9)17-5-7-18-8-6-17/h3-8H2,1-2H3,(H,14,15,16). The van der Waals surface area contributed by atoms with Gasteiger partial charge in [-0.2, -0.15) is 4.98 Å². The normalized spacial score (nSPS) is 15.8. The molecule has 2 heterocycles. The minimum Gasteiger partial charge on any atom is -0.378 e. The lowest BCUT2D eigenvalue weighted by Crippen LogP contribution is -2.37. The lowest BCUT2D eigenvalue weighted by molar-refractivity contribution is 0.122. The van der Waals surface area contributed by atoms with Crippen LogP contribution in [-0.4, -0.2) is 43.3 Å². The largest absolute Gasteiger partial charge is 0.378 e. The van der Waals surface area contributed by atoms with E-state index in [4.69, 9.17) is 4.74 Å². The number of morpholine rings is 1. The number of hydrogen-bond donors (Lipinski definition) is 1. The van der Waals surface area contributed by atoms with Gasteiger partial charge in [0.05, 0.1) is 23.4 Å². The van der Waals surface area contributed by atoms with Gasteiger partial charge < -0.3 is 15.0 Å². The third-order valence-corrected chi connectivity index (χ3v) is 3.76. The Labute approximate surface area is 116 Å². The van der Waals surface area contributed by atoms with Crippen molar-refractivity contribution in [3.05, 3.63) is 10.2 Å². The molecular formula is C12H19BrN4O. The summed E-state index contributed by atoms with van der Waals surface area (Å²) >= 11 is 3.57. The quantitative estimate of drug-likeness (QED) is 0.922. The van der Waals surface area contributed by atoms with Crippen molar-refractivity contribution in [2.75, 3.05) is 43.6 Å². The molecule has 0 aliphatic carbocycles. The smallest absolute Gasteiger partial charge is 0.227 e. The predicted octanol–water partition coefficient (Wildman–Crippen LogP) is 2.07. The first-order chi connectivity index (χ1) is 8.76. The number of ether oxygens (including phenoxy) is 1. The Morgan fingerprint density at radius 1 is 1.33 bits per heavy atom. The van der Waals surface area contributed by atoms with Gasteiger partial charge in [0, 0.05) is 20.1 Å². The highest BCUT2D eigenvalue weighted by atomic mass is 79.9. The predicted molar refractivity (Wildman–Crippen MR) is 76.3 cm³/mol. The van der Waals surface area contributed by atoms with Crippen molar-refractivity contribution in [1.82, 2.24) is 9.97 Å². The van der Waals surface area contributed by atoms with E-state index in [2.05, 4.69) is 43.0 Å². The number of aromatic nitrogens is 2. The van der Waals surface area contributed by atoms with Gasteiger partial charge in [0.25, 0.3) is 0 Å². The molecule has 18 heavy (non-hydrogen) atoms. The maximum Gasteiger partial charge on any atom is 0.227 e. The fourth-order valence-corrected chi connectivity index (χ4v) is 2.53. The van der Waals surface area contributed by atoms with E-state index in [-0.39, 0.29) is 0 Å². The van der Waals surface area contributed by atoms with Crippen molar-refractivity contribution in [3.63, 3.8) is 0 Å². The summed E-state index contributed by atoms with van der Waals surface area (Å²) < 4.78 is 6.33. The highest BCUT2D eigenvalue weighted by molar-refractivity contribution is 9.10. The Kier molecular flexibility index (Phi) is 4.77. The van der Waals surface area contributed by atoms with Gasteiger partial charge >= 0.3 is 0 Å². The van der Waals surface area contributed by atoms with Crippen LogP contribution in [0.15, 0.2) is 4.47 Å². The maximum absolute atomic E-state index is 5.36. The van der Waals surface area contributed by atoms with Gasteiger partial charge in [-0.1, -0.05) is 13.3 Å².